The van der Waals surface area contributed by atoms with Crippen LogP contribution in [0.15, 0.2) is 11.6 Å². The van der Waals surface area contributed by atoms with Crippen molar-refractivity contribution in [3.63, 3.8) is 0 Å². The number of rotatable bonds is 4. The van der Waals surface area contributed by atoms with Crippen LogP contribution in [0, 0.1) is 0 Å². The molecule has 116 valence electrons. The predicted octanol–water partition coefficient (Wildman–Crippen LogP) is 2.03. The van der Waals surface area contributed by atoms with Gasteiger partial charge in [0.25, 0.3) is 0 Å². The van der Waals surface area contributed by atoms with Gasteiger partial charge in [0.15, 0.2) is 10.8 Å². The zero-order valence-corrected chi connectivity index (χ0v) is 14.2. The molecule has 3 rings (SSSR count). The number of anilines is 1. The van der Waals surface area contributed by atoms with Crippen LogP contribution >= 0.6 is 11.3 Å². The maximum absolute atomic E-state index is 4.88. The summed E-state index contributed by atoms with van der Waals surface area (Å²) >= 11 is 1.71. The Morgan fingerprint density at radius 2 is 2.24 bits per heavy atom. The van der Waals surface area contributed by atoms with Crippen molar-refractivity contribution >= 4 is 22.1 Å². The van der Waals surface area contributed by atoms with Crippen LogP contribution < -0.4 is 10.2 Å². The molecule has 5 nitrogen and oxygen atoms in total. The zero-order valence-electron chi connectivity index (χ0n) is 13.3. The third-order valence-electron chi connectivity index (χ3n) is 4.28. The molecule has 1 N–H and O–H groups in total. The smallest absolute Gasteiger partial charge is 0.195 e. The molecule has 6 heteroatoms. The highest BCUT2D eigenvalue weighted by molar-refractivity contribution is 7.15. The molecule has 0 saturated carbocycles. The highest BCUT2D eigenvalue weighted by Gasteiger charge is 2.25. The summed E-state index contributed by atoms with van der Waals surface area (Å²) in [5, 5.41) is 5.64. The summed E-state index contributed by atoms with van der Waals surface area (Å²) in [6, 6.07) is 1.05. The van der Waals surface area contributed by atoms with E-state index >= 15 is 0 Å². The van der Waals surface area contributed by atoms with E-state index in [0.29, 0.717) is 12.1 Å². The minimum absolute atomic E-state index is 0.480. The molecule has 0 amide bonds. The maximum Gasteiger partial charge on any atom is 0.195 e. The van der Waals surface area contributed by atoms with E-state index in [1.165, 1.54) is 5.69 Å². The second kappa shape index (κ2) is 5.94. The third-order valence-corrected chi connectivity index (χ3v) is 5.03. The van der Waals surface area contributed by atoms with Crippen molar-refractivity contribution in [2.45, 2.75) is 39.4 Å². The van der Waals surface area contributed by atoms with Gasteiger partial charge >= 0.3 is 0 Å². The predicted molar refractivity (Wildman–Crippen MR) is 89.3 cm³/mol. The van der Waals surface area contributed by atoms with Crippen LogP contribution in [0.1, 0.15) is 26.5 Å². The van der Waals surface area contributed by atoms with E-state index < -0.39 is 0 Å². The molecule has 0 aliphatic carbocycles. The molecule has 2 aromatic heterocycles. The highest BCUT2D eigenvalue weighted by Crippen LogP contribution is 2.26. The Morgan fingerprint density at radius 3 is 2.95 bits per heavy atom. The molecule has 1 aliphatic heterocycles. The third kappa shape index (κ3) is 2.93. The summed E-state index contributed by atoms with van der Waals surface area (Å²) in [5.41, 5.74) is 1.29. The van der Waals surface area contributed by atoms with Crippen molar-refractivity contribution in [3.05, 3.63) is 17.3 Å². The van der Waals surface area contributed by atoms with E-state index in [2.05, 4.69) is 58.9 Å². The van der Waals surface area contributed by atoms with E-state index in [1.54, 1.807) is 11.3 Å². The number of nitrogens with zero attached hydrogens (tertiary/aromatic N) is 4. The van der Waals surface area contributed by atoms with Gasteiger partial charge in [-0.25, -0.2) is 4.98 Å². The lowest BCUT2D eigenvalue weighted by Crippen LogP contribution is -2.50. The number of fused-ring (bicyclic) bond motifs is 1. The van der Waals surface area contributed by atoms with Gasteiger partial charge in [-0.2, -0.15) is 0 Å². The Bertz CT molecular complexity index is 602. The van der Waals surface area contributed by atoms with Gasteiger partial charge in [0, 0.05) is 49.8 Å². The van der Waals surface area contributed by atoms with E-state index in [9.17, 15) is 0 Å². The number of imidazole rings is 1. The van der Waals surface area contributed by atoms with Crippen molar-refractivity contribution in [3.8, 4) is 0 Å². The first-order valence-corrected chi connectivity index (χ1v) is 8.57. The Labute approximate surface area is 130 Å². The maximum atomic E-state index is 4.88. The molecule has 0 radical (unpaired) electrons. The first-order chi connectivity index (χ1) is 10.1. The summed E-state index contributed by atoms with van der Waals surface area (Å²) in [6.07, 6.45) is 2.13. The number of aromatic nitrogens is 2. The van der Waals surface area contributed by atoms with E-state index in [1.807, 2.05) is 0 Å². The number of hydrogen-bond donors (Lipinski definition) is 1. The lowest BCUT2D eigenvalue weighted by molar-refractivity contribution is 0.233. The molecule has 2 aromatic rings. The van der Waals surface area contributed by atoms with Crippen molar-refractivity contribution in [2.24, 2.45) is 0 Å². The van der Waals surface area contributed by atoms with Crippen LogP contribution in [0.2, 0.25) is 0 Å². The lowest BCUT2D eigenvalue weighted by atomic mass is 10.2. The van der Waals surface area contributed by atoms with Gasteiger partial charge in [-0.1, -0.05) is 13.8 Å². The molecular formula is C15H25N5S. The second-order valence-electron chi connectivity index (χ2n) is 6.25. The van der Waals surface area contributed by atoms with Crippen molar-refractivity contribution in [2.75, 3.05) is 31.6 Å². The highest BCUT2D eigenvalue weighted by atomic mass is 32.1. The fraction of sp³-hybridized carbons (Fsp3) is 0.667. The van der Waals surface area contributed by atoms with Crippen LogP contribution in [-0.4, -0.2) is 53.1 Å². The molecular weight excluding hydrogens is 282 g/mol. The van der Waals surface area contributed by atoms with Crippen LogP contribution in [0.3, 0.4) is 0 Å². The topological polar surface area (TPSA) is 35.8 Å². The first-order valence-electron chi connectivity index (χ1n) is 7.69. The summed E-state index contributed by atoms with van der Waals surface area (Å²) in [6.45, 7) is 10.7. The van der Waals surface area contributed by atoms with E-state index in [4.69, 9.17) is 4.98 Å². The summed E-state index contributed by atoms with van der Waals surface area (Å²) < 4.78 is 2.23. The Kier molecular flexibility index (Phi) is 4.19. The van der Waals surface area contributed by atoms with Crippen molar-refractivity contribution in [1.29, 1.82) is 0 Å². The van der Waals surface area contributed by atoms with Crippen LogP contribution in [-0.2, 0) is 6.54 Å². The van der Waals surface area contributed by atoms with Crippen molar-refractivity contribution < 1.29 is 0 Å². The molecule has 0 bridgehead atoms. The molecule has 0 spiro atoms. The largest absolute Gasteiger partial charge is 0.352 e. The van der Waals surface area contributed by atoms with Crippen LogP contribution in [0.4, 0.5) is 5.82 Å². The van der Waals surface area contributed by atoms with Gasteiger partial charge in [-0.3, -0.25) is 4.40 Å². The fourth-order valence-corrected chi connectivity index (χ4v) is 3.51. The van der Waals surface area contributed by atoms with Gasteiger partial charge in [-0.15, -0.1) is 11.3 Å². The minimum atomic E-state index is 0.480. The van der Waals surface area contributed by atoms with Gasteiger partial charge in [0.05, 0.1) is 5.69 Å². The Hall–Kier alpha value is -1.11. The number of nitrogens with one attached hydrogen (secondary N) is 1. The van der Waals surface area contributed by atoms with Gasteiger partial charge in [0.2, 0.25) is 0 Å². The molecule has 21 heavy (non-hydrogen) atoms. The second-order valence-corrected chi connectivity index (χ2v) is 7.12. The van der Waals surface area contributed by atoms with E-state index in [0.717, 1.165) is 37.0 Å². The quantitative estimate of drug-likeness (QED) is 0.937. The molecule has 0 aromatic carbocycles. The van der Waals surface area contributed by atoms with Crippen LogP contribution in [0.5, 0.6) is 0 Å². The normalized spacial score (nSPS) is 20.8. The number of thiazole rings is 1. The SMILES string of the molecule is CC(C)NCc1c(N2CCN(C)C(C)C2)nc2sccn12. The Balaban J connectivity index is 1.90. The minimum Gasteiger partial charge on any atom is -0.352 e. The number of likely N-dealkylation sites (N-methyl/N-ethyl adjacent to an activating group) is 1. The van der Waals surface area contributed by atoms with Crippen LogP contribution in [0.25, 0.3) is 4.96 Å². The van der Waals surface area contributed by atoms with Crippen molar-refractivity contribution in [1.82, 2.24) is 19.6 Å². The van der Waals surface area contributed by atoms with Gasteiger partial charge in [0.1, 0.15) is 0 Å². The molecule has 3 heterocycles. The van der Waals surface area contributed by atoms with Gasteiger partial charge in [-0.05, 0) is 14.0 Å². The zero-order chi connectivity index (χ0) is 15.0. The van der Waals surface area contributed by atoms with Gasteiger partial charge < -0.3 is 15.1 Å². The molecule has 1 saturated heterocycles. The number of hydrogen-bond acceptors (Lipinski definition) is 5. The summed E-state index contributed by atoms with van der Waals surface area (Å²) in [5.74, 6) is 1.16. The lowest BCUT2D eigenvalue weighted by Gasteiger charge is -2.38. The summed E-state index contributed by atoms with van der Waals surface area (Å²) in [7, 11) is 2.20. The molecule has 1 aliphatic rings. The van der Waals surface area contributed by atoms with E-state index in [-0.39, 0.29) is 0 Å². The summed E-state index contributed by atoms with van der Waals surface area (Å²) in [4.78, 5) is 10.8. The average molecular weight is 307 g/mol. The molecule has 1 atom stereocenters. The molecule has 1 fully saturated rings. The standard InChI is InChI=1S/C15H25N5S/c1-11(2)16-9-13-14(17-15-20(13)7-8-21-15)19-6-5-18(4)12(3)10-19/h7-8,11-12,16H,5-6,9-10H2,1-4H3. The molecule has 1 unspecified atom stereocenters. The first kappa shape index (κ1) is 14.8. The monoisotopic (exact) mass is 307 g/mol. The fourth-order valence-electron chi connectivity index (χ4n) is 2.78. The number of piperazine rings is 1. The average Bonchev–Trinajstić information content (AvgIpc) is 3.00. The Morgan fingerprint density at radius 1 is 1.43 bits per heavy atom.